The molecular formula is C14H21NO3S. The maximum absolute atomic E-state index is 12.0. The first-order chi connectivity index (χ1) is 9.04. The zero-order valence-corrected chi connectivity index (χ0v) is 12.0. The fourth-order valence-electron chi connectivity index (χ4n) is 2.39. The molecule has 0 aliphatic heterocycles. The lowest BCUT2D eigenvalue weighted by Gasteiger charge is -2.29. The molecule has 1 aliphatic carbocycles. The maximum Gasteiger partial charge on any atom is 0.181 e. The van der Waals surface area contributed by atoms with Crippen molar-refractivity contribution in [2.45, 2.75) is 49.6 Å². The number of ether oxygens (including phenoxy) is 1. The molecule has 0 amide bonds. The predicted octanol–water partition coefficient (Wildman–Crippen LogP) is 2.13. The molecule has 1 saturated carbocycles. The summed E-state index contributed by atoms with van der Waals surface area (Å²) in [5.74, 6) is 0.510. The molecule has 2 N–H and O–H groups in total. The molecule has 2 atom stereocenters. The number of para-hydroxylation sites is 1. The quantitative estimate of drug-likeness (QED) is 0.919. The second kappa shape index (κ2) is 5.92. The third kappa shape index (κ3) is 3.28. The average molecular weight is 283 g/mol. The first kappa shape index (κ1) is 14.3. The number of sulfone groups is 1. The van der Waals surface area contributed by atoms with E-state index in [2.05, 4.69) is 0 Å². The second-order valence-corrected chi connectivity index (χ2v) is 7.20. The van der Waals surface area contributed by atoms with Crippen molar-refractivity contribution in [2.24, 2.45) is 5.73 Å². The molecule has 0 aromatic heterocycles. The van der Waals surface area contributed by atoms with E-state index in [0.717, 1.165) is 25.7 Å². The van der Waals surface area contributed by atoms with E-state index in [9.17, 15) is 8.42 Å². The highest BCUT2D eigenvalue weighted by Crippen LogP contribution is 2.28. The van der Waals surface area contributed by atoms with Crippen LogP contribution >= 0.6 is 0 Å². The molecule has 0 bridgehead atoms. The molecular weight excluding hydrogens is 262 g/mol. The molecule has 1 aromatic rings. The van der Waals surface area contributed by atoms with Gasteiger partial charge in [0.1, 0.15) is 16.7 Å². The zero-order valence-electron chi connectivity index (χ0n) is 11.2. The Labute approximate surface area is 114 Å². The zero-order chi connectivity index (χ0) is 13.9. The topological polar surface area (TPSA) is 69.4 Å². The Morgan fingerprint density at radius 2 is 1.95 bits per heavy atom. The Kier molecular flexibility index (Phi) is 4.47. The largest absolute Gasteiger partial charge is 0.487 e. The van der Waals surface area contributed by atoms with Crippen LogP contribution in [0.1, 0.15) is 32.6 Å². The van der Waals surface area contributed by atoms with Gasteiger partial charge in [0.05, 0.1) is 5.75 Å². The monoisotopic (exact) mass is 283 g/mol. The summed E-state index contributed by atoms with van der Waals surface area (Å²) in [4.78, 5) is 0.273. The fourth-order valence-corrected chi connectivity index (χ4v) is 3.41. The Balaban J connectivity index is 2.25. The van der Waals surface area contributed by atoms with Gasteiger partial charge >= 0.3 is 0 Å². The van der Waals surface area contributed by atoms with Crippen molar-refractivity contribution in [2.75, 3.05) is 5.75 Å². The van der Waals surface area contributed by atoms with E-state index in [-0.39, 0.29) is 22.8 Å². The van der Waals surface area contributed by atoms with Gasteiger partial charge in [-0.1, -0.05) is 25.5 Å². The molecule has 1 fully saturated rings. The van der Waals surface area contributed by atoms with E-state index >= 15 is 0 Å². The summed E-state index contributed by atoms with van der Waals surface area (Å²) < 4.78 is 30.0. The van der Waals surface area contributed by atoms with Gasteiger partial charge in [-0.2, -0.15) is 0 Å². The number of benzene rings is 1. The van der Waals surface area contributed by atoms with Crippen LogP contribution in [0.5, 0.6) is 5.75 Å². The Morgan fingerprint density at radius 1 is 1.26 bits per heavy atom. The average Bonchev–Trinajstić information content (AvgIpc) is 2.42. The van der Waals surface area contributed by atoms with Crippen molar-refractivity contribution >= 4 is 9.84 Å². The number of hydrogen-bond acceptors (Lipinski definition) is 4. The lowest BCUT2D eigenvalue weighted by atomic mass is 9.93. The van der Waals surface area contributed by atoms with Gasteiger partial charge in [-0.05, 0) is 31.4 Å². The fraction of sp³-hybridized carbons (Fsp3) is 0.571. The van der Waals surface area contributed by atoms with Crippen LogP contribution in [-0.2, 0) is 9.84 Å². The molecule has 1 aliphatic rings. The van der Waals surface area contributed by atoms with E-state index in [0.29, 0.717) is 5.75 Å². The summed E-state index contributed by atoms with van der Waals surface area (Å²) in [6.07, 6.45) is 3.95. The minimum Gasteiger partial charge on any atom is -0.487 e. The van der Waals surface area contributed by atoms with Crippen molar-refractivity contribution in [3.63, 3.8) is 0 Å². The molecule has 0 spiro atoms. The van der Waals surface area contributed by atoms with Crippen LogP contribution in [0.3, 0.4) is 0 Å². The standard InChI is InChI=1S/C14H21NO3S/c1-2-19(16,17)14-10-6-5-9-13(14)18-12-8-4-3-7-11(12)15/h5-6,9-12H,2-4,7-8,15H2,1H3. The van der Waals surface area contributed by atoms with Gasteiger partial charge < -0.3 is 10.5 Å². The molecule has 5 heteroatoms. The Bertz CT molecular complexity index is 527. The van der Waals surface area contributed by atoms with Gasteiger partial charge in [-0.15, -0.1) is 0 Å². The van der Waals surface area contributed by atoms with Crippen molar-refractivity contribution in [3.05, 3.63) is 24.3 Å². The van der Waals surface area contributed by atoms with E-state index in [1.807, 2.05) is 0 Å². The third-order valence-corrected chi connectivity index (χ3v) is 5.36. The summed E-state index contributed by atoms with van der Waals surface area (Å²) in [7, 11) is -3.26. The van der Waals surface area contributed by atoms with Crippen LogP contribution in [0, 0.1) is 0 Å². The molecule has 0 saturated heterocycles. The second-order valence-electron chi connectivity index (χ2n) is 4.95. The van der Waals surface area contributed by atoms with E-state index in [1.165, 1.54) is 0 Å². The van der Waals surface area contributed by atoms with Crippen LogP contribution in [0.2, 0.25) is 0 Å². The summed E-state index contributed by atoms with van der Waals surface area (Å²) in [6.45, 7) is 1.64. The third-order valence-electron chi connectivity index (χ3n) is 3.60. The SMILES string of the molecule is CCS(=O)(=O)c1ccccc1OC1CCCCC1N. The molecule has 0 heterocycles. The molecule has 0 radical (unpaired) electrons. The van der Waals surface area contributed by atoms with Gasteiger partial charge in [0, 0.05) is 6.04 Å². The van der Waals surface area contributed by atoms with Crippen molar-refractivity contribution in [3.8, 4) is 5.75 Å². The van der Waals surface area contributed by atoms with Crippen LogP contribution in [-0.4, -0.2) is 26.3 Å². The highest BCUT2D eigenvalue weighted by atomic mass is 32.2. The van der Waals surface area contributed by atoms with Crippen molar-refractivity contribution in [1.82, 2.24) is 0 Å². The lowest BCUT2D eigenvalue weighted by Crippen LogP contribution is -2.41. The van der Waals surface area contributed by atoms with Gasteiger partial charge in [0.25, 0.3) is 0 Å². The molecule has 2 rings (SSSR count). The Morgan fingerprint density at radius 3 is 2.63 bits per heavy atom. The van der Waals surface area contributed by atoms with Gasteiger partial charge in [-0.25, -0.2) is 8.42 Å². The van der Waals surface area contributed by atoms with E-state index in [4.69, 9.17) is 10.5 Å². The molecule has 4 nitrogen and oxygen atoms in total. The number of rotatable bonds is 4. The molecule has 106 valence electrons. The van der Waals surface area contributed by atoms with Gasteiger partial charge in [0.2, 0.25) is 0 Å². The van der Waals surface area contributed by atoms with Crippen LogP contribution in [0.4, 0.5) is 0 Å². The van der Waals surface area contributed by atoms with Crippen LogP contribution < -0.4 is 10.5 Å². The van der Waals surface area contributed by atoms with E-state index < -0.39 is 9.84 Å². The molecule has 19 heavy (non-hydrogen) atoms. The summed E-state index contributed by atoms with van der Waals surface area (Å²) >= 11 is 0. The van der Waals surface area contributed by atoms with Crippen LogP contribution in [0.15, 0.2) is 29.2 Å². The first-order valence-electron chi connectivity index (χ1n) is 6.78. The highest BCUT2D eigenvalue weighted by Gasteiger charge is 2.26. The minimum atomic E-state index is -3.26. The van der Waals surface area contributed by atoms with Gasteiger partial charge in [-0.3, -0.25) is 0 Å². The number of hydrogen-bond donors (Lipinski definition) is 1. The first-order valence-corrected chi connectivity index (χ1v) is 8.44. The normalized spacial score (nSPS) is 24.1. The Hall–Kier alpha value is -1.07. The van der Waals surface area contributed by atoms with Crippen molar-refractivity contribution in [1.29, 1.82) is 0 Å². The lowest BCUT2D eigenvalue weighted by molar-refractivity contribution is 0.129. The maximum atomic E-state index is 12.0. The summed E-state index contributed by atoms with van der Waals surface area (Å²) in [6, 6.07) is 6.81. The molecule has 2 unspecified atom stereocenters. The van der Waals surface area contributed by atoms with Gasteiger partial charge in [0.15, 0.2) is 9.84 Å². The smallest absolute Gasteiger partial charge is 0.181 e. The minimum absolute atomic E-state index is 0.00821. The highest BCUT2D eigenvalue weighted by molar-refractivity contribution is 7.91. The van der Waals surface area contributed by atoms with Crippen molar-refractivity contribution < 1.29 is 13.2 Å². The number of nitrogens with two attached hydrogens (primary N) is 1. The summed E-state index contributed by atoms with van der Waals surface area (Å²) in [5, 5.41) is 0. The summed E-state index contributed by atoms with van der Waals surface area (Å²) in [5.41, 5.74) is 6.04. The molecule has 1 aromatic carbocycles. The predicted molar refractivity (Wildman–Crippen MR) is 75.0 cm³/mol. The van der Waals surface area contributed by atoms with Crippen LogP contribution in [0.25, 0.3) is 0 Å². The van der Waals surface area contributed by atoms with E-state index in [1.54, 1.807) is 31.2 Å².